The van der Waals surface area contributed by atoms with Crippen molar-refractivity contribution in [2.75, 3.05) is 0 Å². The van der Waals surface area contributed by atoms with Crippen molar-refractivity contribution >= 4 is 11.6 Å². The van der Waals surface area contributed by atoms with E-state index < -0.39 is 17.7 Å². The maximum Gasteiger partial charge on any atom is 0.416 e. The molecule has 0 aliphatic heterocycles. The lowest BCUT2D eigenvalue weighted by Crippen LogP contribution is -2.14. The summed E-state index contributed by atoms with van der Waals surface area (Å²) >= 11 is 5.95. The summed E-state index contributed by atoms with van der Waals surface area (Å²) in [5.41, 5.74) is 0.751. The molecule has 2 N–H and O–H groups in total. The van der Waals surface area contributed by atoms with Crippen LogP contribution < -0.4 is 0 Å². The lowest BCUT2D eigenvalue weighted by Gasteiger charge is -2.21. The Hall–Kier alpha value is -2.14. The third-order valence-electron chi connectivity index (χ3n) is 3.50. The number of benzene rings is 1. The highest BCUT2D eigenvalue weighted by Gasteiger charge is 2.36. The van der Waals surface area contributed by atoms with Crippen molar-refractivity contribution < 1.29 is 13.2 Å². The molecule has 1 aromatic carbocycles. The number of hydrogen-bond donors (Lipinski definition) is 2. The zero-order valence-electron chi connectivity index (χ0n) is 11.3. The van der Waals surface area contributed by atoms with E-state index in [1.165, 1.54) is 12.1 Å². The quantitative estimate of drug-likeness (QED) is 0.664. The van der Waals surface area contributed by atoms with Gasteiger partial charge in [-0.2, -0.15) is 13.2 Å². The first-order chi connectivity index (χ1) is 10.5. The molecule has 114 valence electrons. The Labute approximate surface area is 129 Å². The van der Waals surface area contributed by atoms with Crippen molar-refractivity contribution in [2.24, 2.45) is 0 Å². The normalized spacial score (nSPS) is 12.0. The number of rotatable bonds is 3. The van der Waals surface area contributed by atoms with Gasteiger partial charge in [0.05, 0.1) is 11.5 Å². The maximum absolute atomic E-state index is 13.4. The number of hydrogen-bond acceptors (Lipinski definition) is 0. The molecule has 0 amide bonds. The number of aromatic amines is 2. The minimum atomic E-state index is -4.45. The van der Waals surface area contributed by atoms with E-state index in [9.17, 15) is 13.2 Å². The van der Waals surface area contributed by atoms with Crippen LogP contribution in [0, 0.1) is 0 Å². The fourth-order valence-corrected chi connectivity index (χ4v) is 2.76. The van der Waals surface area contributed by atoms with Crippen molar-refractivity contribution in [3.63, 3.8) is 0 Å². The van der Waals surface area contributed by atoms with E-state index in [0.717, 1.165) is 6.07 Å². The van der Waals surface area contributed by atoms with Crippen LogP contribution in [-0.2, 0) is 6.18 Å². The monoisotopic (exact) mass is 324 g/mol. The van der Waals surface area contributed by atoms with Crippen LogP contribution in [0.1, 0.15) is 28.4 Å². The number of nitrogens with one attached hydrogen (secondary N) is 2. The van der Waals surface area contributed by atoms with Crippen molar-refractivity contribution in [3.8, 4) is 0 Å². The van der Waals surface area contributed by atoms with Gasteiger partial charge >= 0.3 is 6.18 Å². The van der Waals surface area contributed by atoms with Gasteiger partial charge in [0.25, 0.3) is 0 Å². The molecular weight excluding hydrogens is 313 g/mol. The average Bonchev–Trinajstić information content (AvgIpc) is 3.11. The number of alkyl halides is 3. The Balaban J connectivity index is 2.23. The highest BCUT2D eigenvalue weighted by molar-refractivity contribution is 6.30. The Bertz CT molecular complexity index is 712. The number of aromatic nitrogens is 2. The van der Waals surface area contributed by atoms with Gasteiger partial charge in [-0.3, -0.25) is 0 Å². The van der Waals surface area contributed by atoms with Crippen LogP contribution in [0.15, 0.2) is 54.9 Å². The molecule has 0 saturated carbocycles. The molecule has 0 aliphatic rings. The number of H-pyrrole nitrogens is 2. The van der Waals surface area contributed by atoms with E-state index in [-0.39, 0.29) is 10.6 Å². The third kappa shape index (κ3) is 2.76. The molecule has 0 radical (unpaired) electrons. The van der Waals surface area contributed by atoms with E-state index >= 15 is 0 Å². The zero-order valence-corrected chi connectivity index (χ0v) is 12.0. The lowest BCUT2D eigenvalue weighted by molar-refractivity contribution is -0.138. The molecule has 0 bridgehead atoms. The highest BCUT2D eigenvalue weighted by atomic mass is 35.5. The van der Waals surface area contributed by atoms with Crippen LogP contribution in [0.5, 0.6) is 0 Å². The molecule has 0 aliphatic carbocycles. The standard InChI is InChI=1S/C16H12ClF3N2/c17-10-5-6-12(16(18,19)20)11(9-10)15(13-3-1-7-21-13)14-4-2-8-22-14/h1-9,15,21-22H. The maximum atomic E-state index is 13.4. The summed E-state index contributed by atoms with van der Waals surface area (Å²) in [5.74, 6) is -0.597. The van der Waals surface area contributed by atoms with Crippen molar-refractivity contribution in [1.29, 1.82) is 0 Å². The molecule has 0 fully saturated rings. The largest absolute Gasteiger partial charge is 0.416 e. The molecule has 3 rings (SSSR count). The Morgan fingerprint density at radius 2 is 1.50 bits per heavy atom. The van der Waals surface area contributed by atoms with Gasteiger partial charge in [0.2, 0.25) is 0 Å². The van der Waals surface area contributed by atoms with Crippen molar-refractivity contribution in [2.45, 2.75) is 12.1 Å². The Kier molecular flexibility index (Phi) is 3.74. The molecule has 2 heterocycles. The van der Waals surface area contributed by atoms with E-state index in [0.29, 0.717) is 11.4 Å². The fourth-order valence-electron chi connectivity index (χ4n) is 2.58. The summed E-state index contributed by atoms with van der Waals surface area (Å²) in [6.07, 6.45) is -1.08. The van der Waals surface area contributed by atoms with Crippen LogP contribution in [0.4, 0.5) is 13.2 Å². The number of halogens is 4. The van der Waals surface area contributed by atoms with Crippen LogP contribution in [0.3, 0.4) is 0 Å². The van der Waals surface area contributed by atoms with E-state index in [2.05, 4.69) is 9.97 Å². The summed E-state index contributed by atoms with van der Waals surface area (Å²) in [4.78, 5) is 5.98. The van der Waals surface area contributed by atoms with Gasteiger partial charge in [0.1, 0.15) is 0 Å². The third-order valence-corrected chi connectivity index (χ3v) is 3.73. The molecule has 0 unspecified atom stereocenters. The molecule has 2 nitrogen and oxygen atoms in total. The summed E-state index contributed by atoms with van der Waals surface area (Å²) in [6.45, 7) is 0. The molecule has 22 heavy (non-hydrogen) atoms. The Morgan fingerprint density at radius 3 is 1.95 bits per heavy atom. The summed E-state index contributed by atoms with van der Waals surface area (Å²) in [5, 5.41) is 0.270. The summed E-state index contributed by atoms with van der Waals surface area (Å²) in [7, 11) is 0. The van der Waals surface area contributed by atoms with Gasteiger partial charge in [0.15, 0.2) is 0 Å². The molecular formula is C16H12ClF3N2. The SMILES string of the molecule is FC(F)(F)c1ccc(Cl)cc1C(c1ccc[nH]1)c1ccc[nH]1. The van der Waals surface area contributed by atoms with Crippen molar-refractivity contribution in [1.82, 2.24) is 9.97 Å². The average molecular weight is 325 g/mol. The van der Waals surface area contributed by atoms with Crippen LogP contribution in [0.2, 0.25) is 5.02 Å². The van der Waals surface area contributed by atoms with Crippen LogP contribution >= 0.6 is 11.6 Å². The van der Waals surface area contributed by atoms with Gasteiger partial charge in [-0.1, -0.05) is 11.6 Å². The van der Waals surface area contributed by atoms with E-state index in [1.807, 2.05) is 0 Å². The predicted molar refractivity (Wildman–Crippen MR) is 79.0 cm³/mol. The first kappa shape index (κ1) is 14.8. The molecule has 0 saturated heterocycles. The van der Waals surface area contributed by atoms with E-state index in [1.54, 1.807) is 36.7 Å². The Morgan fingerprint density at radius 1 is 0.909 bits per heavy atom. The van der Waals surface area contributed by atoms with Gasteiger partial charge < -0.3 is 9.97 Å². The molecule has 0 spiro atoms. The summed E-state index contributed by atoms with van der Waals surface area (Å²) in [6, 6.07) is 10.7. The molecule has 6 heteroatoms. The first-order valence-electron chi connectivity index (χ1n) is 6.60. The topological polar surface area (TPSA) is 31.6 Å². The molecule has 0 atom stereocenters. The minimum absolute atomic E-state index is 0.116. The van der Waals surface area contributed by atoms with Gasteiger partial charge in [-0.25, -0.2) is 0 Å². The highest BCUT2D eigenvalue weighted by Crippen LogP contribution is 2.40. The fraction of sp³-hybridized carbons (Fsp3) is 0.125. The van der Waals surface area contributed by atoms with Crippen LogP contribution in [0.25, 0.3) is 0 Å². The zero-order chi connectivity index (χ0) is 15.7. The molecule has 3 aromatic rings. The summed E-state index contributed by atoms with van der Waals surface area (Å²) < 4.78 is 40.1. The van der Waals surface area contributed by atoms with E-state index in [4.69, 9.17) is 11.6 Å². The smallest absolute Gasteiger partial charge is 0.364 e. The second kappa shape index (κ2) is 5.57. The second-order valence-electron chi connectivity index (χ2n) is 4.91. The second-order valence-corrected chi connectivity index (χ2v) is 5.35. The van der Waals surface area contributed by atoms with Crippen LogP contribution in [-0.4, -0.2) is 9.97 Å². The van der Waals surface area contributed by atoms with Gasteiger partial charge in [-0.15, -0.1) is 0 Å². The predicted octanol–water partition coefficient (Wildman–Crippen LogP) is 5.20. The van der Waals surface area contributed by atoms with Crippen molar-refractivity contribution in [3.05, 3.63) is 82.4 Å². The minimum Gasteiger partial charge on any atom is -0.364 e. The lowest BCUT2D eigenvalue weighted by atomic mass is 9.88. The van der Waals surface area contributed by atoms with Gasteiger partial charge in [0, 0.05) is 28.8 Å². The first-order valence-corrected chi connectivity index (χ1v) is 6.98. The molecule has 2 aromatic heterocycles. The van der Waals surface area contributed by atoms with Gasteiger partial charge in [-0.05, 0) is 48.0 Å².